The molecule has 62 valence electrons. The Hall–Kier alpha value is -0.580. The Morgan fingerprint density at radius 3 is 2.83 bits per heavy atom. The predicted molar refractivity (Wildman–Crippen MR) is 58.3 cm³/mol. The summed E-state index contributed by atoms with van der Waals surface area (Å²) in [6, 6.07) is 4.24. The highest BCUT2D eigenvalue weighted by molar-refractivity contribution is 14.1. The van der Waals surface area contributed by atoms with Crippen molar-refractivity contribution in [3.05, 3.63) is 27.1 Å². The van der Waals surface area contributed by atoms with Crippen LogP contribution in [0.3, 0.4) is 0 Å². The van der Waals surface area contributed by atoms with Crippen LogP contribution in [0.2, 0.25) is 0 Å². The lowest BCUT2D eigenvalue weighted by molar-refractivity contribution is 1.17. The molecule has 0 fully saturated rings. The second-order valence-corrected chi connectivity index (χ2v) is 4.10. The minimum absolute atomic E-state index is 0.978. The zero-order valence-electron chi connectivity index (χ0n) is 6.98. The van der Waals surface area contributed by atoms with Crippen molar-refractivity contribution in [2.24, 2.45) is 0 Å². The number of fused-ring (bicyclic) bond motifs is 1. The zero-order valence-corrected chi connectivity index (χ0v) is 9.14. The summed E-state index contributed by atoms with van der Waals surface area (Å²) in [6.07, 6.45) is 0. The summed E-state index contributed by atoms with van der Waals surface area (Å²) in [7, 11) is 0. The number of aromatic amines is 1. The van der Waals surface area contributed by atoms with Crippen LogP contribution in [0.1, 0.15) is 11.4 Å². The highest BCUT2D eigenvalue weighted by atomic mass is 127. The summed E-state index contributed by atoms with van der Waals surface area (Å²) >= 11 is 2.33. The fourth-order valence-electron chi connectivity index (χ4n) is 1.27. The minimum Gasteiger partial charge on any atom is -0.342 e. The number of nitrogens with one attached hydrogen (secondary N) is 1. The molecule has 0 atom stereocenters. The maximum absolute atomic E-state index is 4.35. The molecule has 12 heavy (non-hydrogen) atoms. The number of benzene rings is 1. The molecule has 0 spiro atoms. The summed E-state index contributed by atoms with van der Waals surface area (Å²) in [5.41, 5.74) is 3.49. The van der Waals surface area contributed by atoms with Crippen LogP contribution in [0.15, 0.2) is 12.1 Å². The molecule has 2 rings (SSSR count). The van der Waals surface area contributed by atoms with Gasteiger partial charge in [-0.25, -0.2) is 4.98 Å². The molecule has 3 heteroatoms. The molecule has 2 nitrogen and oxygen atoms in total. The smallest absolute Gasteiger partial charge is 0.104 e. The van der Waals surface area contributed by atoms with Gasteiger partial charge in [-0.3, -0.25) is 0 Å². The lowest BCUT2D eigenvalue weighted by Gasteiger charge is -1.95. The second-order valence-electron chi connectivity index (χ2n) is 2.94. The number of H-pyrrole nitrogens is 1. The van der Waals surface area contributed by atoms with E-state index in [1.54, 1.807) is 0 Å². The quantitative estimate of drug-likeness (QED) is 0.734. The SMILES string of the molecule is Cc1nc2cc(I)c(C)cc2[nH]1. The van der Waals surface area contributed by atoms with Gasteiger partial charge in [-0.1, -0.05) is 0 Å². The Labute approximate surface area is 84.5 Å². The summed E-state index contributed by atoms with van der Waals surface area (Å²) in [4.78, 5) is 7.57. The molecule has 1 N–H and O–H groups in total. The summed E-state index contributed by atoms with van der Waals surface area (Å²) in [5.74, 6) is 0.978. The van der Waals surface area contributed by atoms with Gasteiger partial charge in [0.25, 0.3) is 0 Å². The number of imidazole rings is 1. The van der Waals surface area contributed by atoms with Crippen LogP contribution in [-0.4, -0.2) is 9.97 Å². The van der Waals surface area contributed by atoms with E-state index in [1.165, 1.54) is 9.13 Å². The molecule has 1 aromatic heterocycles. The van der Waals surface area contributed by atoms with Crippen molar-refractivity contribution in [3.63, 3.8) is 0 Å². The molecule has 0 aliphatic rings. The van der Waals surface area contributed by atoms with Gasteiger partial charge in [0.2, 0.25) is 0 Å². The van der Waals surface area contributed by atoms with Crippen molar-refractivity contribution >= 4 is 33.6 Å². The number of rotatable bonds is 0. The van der Waals surface area contributed by atoms with E-state index >= 15 is 0 Å². The molecule has 0 unspecified atom stereocenters. The molecular formula is C9H9IN2. The Bertz CT molecular complexity index is 392. The fourth-order valence-corrected chi connectivity index (χ4v) is 1.72. The van der Waals surface area contributed by atoms with Gasteiger partial charge in [-0.05, 0) is 54.1 Å². The Kier molecular flexibility index (Phi) is 1.83. The molecule has 1 heterocycles. The molecular weight excluding hydrogens is 263 g/mol. The normalized spacial score (nSPS) is 10.9. The van der Waals surface area contributed by atoms with Gasteiger partial charge in [0.1, 0.15) is 5.82 Å². The number of hydrogen-bond acceptors (Lipinski definition) is 1. The van der Waals surface area contributed by atoms with E-state index in [1.807, 2.05) is 6.92 Å². The van der Waals surface area contributed by atoms with Crippen LogP contribution in [0.25, 0.3) is 11.0 Å². The van der Waals surface area contributed by atoms with Crippen molar-refractivity contribution in [1.29, 1.82) is 0 Å². The molecule has 0 saturated carbocycles. The first-order valence-electron chi connectivity index (χ1n) is 3.79. The van der Waals surface area contributed by atoms with Gasteiger partial charge in [-0.15, -0.1) is 0 Å². The van der Waals surface area contributed by atoms with Crippen LogP contribution in [0.4, 0.5) is 0 Å². The molecule has 0 radical (unpaired) electrons. The maximum atomic E-state index is 4.35. The number of halogens is 1. The monoisotopic (exact) mass is 272 g/mol. The van der Waals surface area contributed by atoms with E-state index in [0.717, 1.165) is 16.9 Å². The van der Waals surface area contributed by atoms with Gasteiger partial charge in [0.15, 0.2) is 0 Å². The third-order valence-electron chi connectivity index (χ3n) is 1.88. The van der Waals surface area contributed by atoms with E-state index in [2.05, 4.69) is 51.6 Å². The van der Waals surface area contributed by atoms with Crippen LogP contribution >= 0.6 is 22.6 Å². The van der Waals surface area contributed by atoms with Gasteiger partial charge in [0, 0.05) is 3.57 Å². The molecule has 0 aliphatic carbocycles. The first-order chi connectivity index (χ1) is 5.66. The average molecular weight is 272 g/mol. The lowest BCUT2D eigenvalue weighted by Crippen LogP contribution is -1.79. The van der Waals surface area contributed by atoms with Crippen molar-refractivity contribution in [3.8, 4) is 0 Å². The van der Waals surface area contributed by atoms with Gasteiger partial charge >= 0.3 is 0 Å². The summed E-state index contributed by atoms with van der Waals surface area (Å²) < 4.78 is 1.27. The fraction of sp³-hybridized carbons (Fsp3) is 0.222. The molecule has 2 aromatic rings. The van der Waals surface area contributed by atoms with Crippen molar-refractivity contribution < 1.29 is 0 Å². The van der Waals surface area contributed by atoms with E-state index in [4.69, 9.17) is 0 Å². The van der Waals surface area contributed by atoms with E-state index < -0.39 is 0 Å². The maximum Gasteiger partial charge on any atom is 0.104 e. The van der Waals surface area contributed by atoms with Crippen molar-refractivity contribution in [2.45, 2.75) is 13.8 Å². The topological polar surface area (TPSA) is 28.7 Å². The van der Waals surface area contributed by atoms with Crippen molar-refractivity contribution in [2.75, 3.05) is 0 Å². The lowest BCUT2D eigenvalue weighted by atomic mass is 10.2. The minimum atomic E-state index is 0.978. The number of nitrogens with zero attached hydrogens (tertiary/aromatic N) is 1. The van der Waals surface area contributed by atoms with Gasteiger partial charge in [0.05, 0.1) is 11.0 Å². The van der Waals surface area contributed by atoms with E-state index in [0.29, 0.717) is 0 Å². The second kappa shape index (κ2) is 2.73. The predicted octanol–water partition coefficient (Wildman–Crippen LogP) is 2.78. The standard InChI is InChI=1S/C9H9IN2/c1-5-3-8-9(4-7(5)10)12-6(2)11-8/h3-4H,1-2H3,(H,11,12). The van der Waals surface area contributed by atoms with Crippen LogP contribution in [-0.2, 0) is 0 Å². The number of aromatic nitrogens is 2. The van der Waals surface area contributed by atoms with E-state index in [-0.39, 0.29) is 0 Å². The van der Waals surface area contributed by atoms with Crippen molar-refractivity contribution in [1.82, 2.24) is 9.97 Å². The number of aryl methyl sites for hydroxylation is 2. The third-order valence-corrected chi connectivity index (χ3v) is 3.04. The zero-order chi connectivity index (χ0) is 8.72. The summed E-state index contributed by atoms with van der Waals surface area (Å²) in [6.45, 7) is 4.08. The van der Waals surface area contributed by atoms with E-state index in [9.17, 15) is 0 Å². The molecule has 0 aliphatic heterocycles. The highest BCUT2D eigenvalue weighted by Crippen LogP contribution is 2.18. The van der Waals surface area contributed by atoms with Crippen LogP contribution in [0.5, 0.6) is 0 Å². The Morgan fingerprint density at radius 2 is 2.08 bits per heavy atom. The average Bonchev–Trinajstić information content (AvgIpc) is 2.30. The van der Waals surface area contributed by atoms with Crippen LogP contribution < -0.4 is 0 Å². The molecule has 0 bridgehead atoms. The molecule has 0 saturated heterocycles. The van der Waals surface area contributed by atoms with Gasteiger partial charge < -0.3 is 4.98 Å². The summed E-state index contributed by atoms with van der Waals surface area (Å²) in [5, 5.41) is 0. The Morgan fingerprint density at radius 1 is 1.33 bits per heavy atom. The Balaban J connectivity index is 2.83. The molecule has 0 amide bonds. The number of hydrogen-bond donors (Lipinski definition) is 1. The third kappa shape index (κ3) is 1.22. The van der Waals surface area contributed by atoms with Crippen LogP contribution in [0, 0.1) is 17.4 Å². The molecule has 1 aromatic carbocycles. The first-order valence-corrected chi connectivity index (χ1v) is 4.87. The first kappa shape index (κ1) is 8.04. The highest BCUT2D eigenvalue weighted by Gasteiger charge is 2.01. The largest absolute Gasteiger partial charge is 0.342 e. The van der Waals surface area contributed by atoms with Gasteiger partial charge in [-0.2, -0.15) is 0 Å².